The van der Waals surface area contributed by atoms with Crippen molar-refractivity contribution < 1.29 is 4.74 Å². The van der Waals surface area contributed by atoms with Gasteiger partial charge in [-0.15, -0.1) is 0 Å². The van der Waals surface area contributed by atoms with E-state index in [0.29, 0.717) is 0 Å². The van der Waals surface area contributed by atoms with Crippen molar-refractivity contribution in [2.45, 2.75) is 20.4 Å². The maximum absolute atomic E-state index is 5.36. The van der Waals surface area contributed by atoms with E-state index in [1.54, 1.807) is 7.11 Å². The highest BCUT2D eigenvalue weighted by atomic mass is 79.9. The number of halogens is 1. The van der Waals surface area contributed by atoms with E-state index in [4.69, 9.17) is 4.74 Å². The summed E-state index contributed by atoms with van der Waals surface area (Å²) in [6.45, 7) is 5.05. The molecule has 0 aliphatic carbocycles. The Morgan fingerprint density at radius 3 is 2.58 bits per heavy atom. The largest absolute Gasteiger partial charge is 0.495 e. The van der Waals surface area contributed by atoms with Gasteiger partial charge in [-0.25, -0.2) is 0 Å². The van der Waals surface area contributed by atoms with Crippen LogP contribution < -0.4 is 10.1 Å². The van der Waals surface area contributed by atoms with Gasteiger partial charge in [0.2, 0.25) is 0 Å². The zero-order valence-corrected chi connectivity index (χ0v) is 13.3. The Hall–Kier alpha value is -1.42. The Balaban J connectivity index is 2.18. The summed E-state index contributed by atoms with van der Waals surface area (Å²) in [5.41, 5.74) is 4.87. The summed E-state index contributed by atoms with van der Waals surface area (Å²) in [5, 5.41) is 3.43. The molecule has 19 heavy (non-hydrogen) atoms. The van der Waals surface area contributed by atoms with Crippen LogP contribution in [0.2, 0.25) is 0 Å². The van der Waals surface area contributed by atoms with Crippen molar-refractivity contribution >= 4 is 21.6 Å². The Morgan fingerprint density at radius 2 is 2.00 bits per heavy atom. The van der Waals surface area contributed by atoms with E-state index >= 15 is 0 Å². The third kappa shape index (κ3) is 2.95. The molecule has 0 aliphatic heterocycles. The van der Waals surface area contributed by atoms with Crippen LogP contribution in [0.4, 0.5) is 5.69 Å². The summed E-state index contributed by atoms with van der Waals surface area (Å²) in [7, 11) is 3.78. The quantitative estimate of drug-likeness (QED) is 0.919. The van der Waals surface area contributed by atoms with Crippen LogP contribution in [-0.2, 0) is 13.6 Å². The molecule has 0 fully saturated rings. The molecule has 102 valence electrons. The second-order valence-electron chi connectivity index (χ2n) is 4.65. The van der Waals surface area contributed by atoms with Gasteiger partial charge in [0.05, 0.1) is 12.8 Å². The van der Waals surface area contributed by atoms with Crippen molar-refractivity contribution in [3.05, 3.63) is 45.7 Å². The van der Waals surface area contributed by atoms with Crippen molar-refractivity contribution in [3.8, 4) is 5.75 Å². The van der Waals surface area contributed by atoms with Crippen LogP contribution in [-0.4, -0.2) is 11.7 Å². The number of hydrogen-bond donors (Lipinski definition) is 1. The molecule has 0 atom stereocenters. The van der Waals surface area contributed by atoms with Gasteiger partial charge in [0, 0.05) is 29.5 Å². The zero-order chi connectivity index (χ0) is 14.0. The van der Waals surface area contributed by atoms with Crippen LogP contribution in [0.15, 0.2) is 28.7 Å². The maximum atomic E-state index is 5.36. The van der Waals surface area contributed by atoms with Crippen molar-refractivity contribution in [2.75, 3.05) is 12.4 Å². The lowest BCUT2D eigenvalue weighted by Crippen LogP contribution is -2.03. The highest BCUT2D eigenvalue weighted by molar-refractivity contribution is 9.10. The minimum Gasteiger partial charge on any atom is -0.495 e. The molecule has 0 unspecified atom stereocenters. The van der Waals surface area contributed by atoms with Gasteiger partial charge in [-0.05, 0) is 43.7 Å². The number of methoxy groups -OCH3 is 1. The van der Waals surface area contributed by atoms with Crippen molar-refractivity contribution in [1.82, 2.24) is 4.57 Å². The van der Waals surface area contributed by atoms with Gasteiger partial charge >= 0.3 is 0 Å². The molecule has 1 aromatic carbocycles. The molecule has 2 rings (SSSR count). The van der Waals surface area contributed by atoms with Crippen LogP contribution in [0.5, 0.6) is 5.75 Å². The number of aromatic nitrogens is 1. The smallest absolute Gasteiger partial charge is 0.142 e. The molecule has 0 saturated heterocycles. The van der Waals surface area contributed by atoms with Gasteiger partial charge in [-0.3, -0.25) is 0 Å². The van der Waals surface area contributed by atoms with E-state index in [9.17, 15) is 0 Å². The summed E-state index contributed by atoms with van der Waals surface area (Å²) < 4.78 is 8.60. The Morgan fingerprint density at radius 1 is 1.26 bits per heavy atom. The normalized spacial score (nSPS) is 10.6. The number of hydrogen-bond acceptors (Lipinski definition) is 2. The Labute approximate surface area is 122 Å². The number of rotatable bonds is 4. The molecule has 4 heteroatoms. The van der Waals surface area contributed by atoms with E-state index < -0.39 is 0 Å². The second kappa shape index (κ2) is 5.70. The van der Waals surface area contributed by atoms with Crippen molar-refractivity contribution in [1.29, 1.82) is 0 Å². The Bertz CT molecular complexity index is 590. The molecule has 1 aromatic heterocycles. The summed E-state index contributed by atoms with van der Waals surface area (Å²) in [5.74, 6) is 0.855. The van der Waals surface area contributed by atoms with Gasteiger partial charge in [-0.1, -0.05) is 15.9 Å². The lowest BCUT2D eigenvalue weighted by atomic mass is 10.2. The zero-order valence-electron chi connectivity index (χ0n) is 11.7. The molecule has 2 aromatic rings. The fourth-order valence-electron chi connectivity index (χ4n) is 2.12. The number of ether oxygens (including phenoxy) is 1. The predicted molar refractivity (Wildman–Crippen MR) is 82.9 cm³/mol. The number of nitrogens with one attached hydrogen (secondary N) is 1. The second-order valence-corrected chi connectivity index (χ2v) is 5.57. The first-order chi connectivity index (χ1) is 9.02. The first-order valence-electron chi connectivity index (χ1n) is 6.22. The summed E-state index contributed by atoms with van der Waals surface area (Å²) in [4.78, 5) is 0. The molecule has 1 N–H and O–H groups in total. The maximum Gasteiger partial charge on any atom is 0.142 e. The highest BCUT2D eigenvalue weighted by Crippen LogP contribution is 2.28. The van der Waals surface area contributed by atoms with Gasteiger partial charge in [0.15, 0.2) is 0 Å². The standard InChI is InChI=1S/C15H19BrN2O/c1-10-7-12(11(2)18(10)3)9-17-14-8-13(16)5-6-15(14)19-4/h5-8,17H,9H2,1-4H3. The average molecular weight is 323 g/mol. The fourth-order valence-corrected chi connectivity index (χ4v) is 2.48. The molecule has 0 bridgehead atoms. The van der Waals surface area contributed by atoms with Crippen LogP contribution in [0.1, 0.15) is 17.0 Å². The van der Waals surface area contributed by atoms with Crippen LogP contribution in [0.25, 0.3) is 0 Å². The molecule has 0 saturated carbocycles. The number of anilines is 1. The molecule has 0 spiro atoms. The topological polar surface area (TPSA) is 26.2 Å². The minimum atomic E-state index is 0.792. The first-order valence-corrected chi connectivity index (χ1v) is 7.01. The molecule has 0 radical (unpaired) electrons. The average Bonchev–Trinajstić information content (AvgIpc) is 2.64. The van der Waals surface area contributed by atoms with Crippen LogP contribution in [0.3, 0.4) is 0 Å². The number of nitrogens with zero attached hydrogens (tertiary/aromatic N) is 1. The van der Waals surface area contributed by atoms with Gasteiger partial charge in [0.1, 0.15) is 5.75 Å². The monoisotopic (exact) mass is 322 g/mol. The minimum absolute atomic E-state index is 0.792. The molecular weight excluding hydrogens is 304 g/mol. The highest BCUT2D eigenvalue weighted by Gasteiger charge is 2.08. The summed E-state index contributed by atoms with van der Waals surface area (Å²) >= 11 is 3.48. The van der Waals surface area contributed by atoms with E-state index in [1.807, 2.05) is 18.2 Å². The van der Waals surface area contributed by atoms with Gasteiger partial charge in [0.25, 0.3) is 0 Å². The summed E-state index contributed by atoms with van der Waals surface area (Å²) in [6, 6.07) is 8.17. The van der Waals surface area contributed by atoms with Crippen molar-refractivity contribution in [3.63, 3.8) is 0 Å². The molecule has 0 aliphatic rings. The van der Waals surface area contributed by atoms with E-state index in [2.05, 4.69) is 52.8 Å². The predicted octanol–water partition coefficient (Wildman–Crippen LogP) is 4.03. The lowest BCUT2D eigenvalue weighted by molar-refractivity contribution is 0.416. The molecule has 0 amide bonds. The molecule has 1 heterocycles. The van der Waals surface area contributed by atoms with Crippen LogP contribution >= 0.6 is 15.9 Å². The van der Waals surface area contributed by atoms with Gasteiger partial charge < -0.3 is 14.6 Å². The Kier molecular flexibility index (Phi) is 4.20. The fraction of sp³-hybridized carbons (Fsp3) is 0.333. The number of aryl methyl sites for hydroxylation is 1. The van der Waals surface area contributed by atoms with Crippen LogP contribution in [0, 0.1) is 13.8 Å². The van der Waals surface area contributed by atoms with E-state index in [1.165, 1.54) is 17.0 Å². The molecule has 3 nitrogen and oxygen atoms in total. The first kappa shape index (κ1) is 14.0. The van der Waals surface area contributed by atoms with Crippen molar-refractivity contribution in [2.24, 2.45) is 7.05 Å². The van der Waals surface area contributed by atoms with E-state index in [-0.39, 0.29) is 0 Å². The molecular formula is C15H19BrN2O. The van der Waals surface area contributed by atoms with Gasteiger partial charge in [-0.2, -0.15) is 0 Å². The third-order valence-electron chi connectivity index (χ3n) is 3.51. The van der Waals surface area contributed by atoms with E-state index in [0.717, 1.165) is 22.5 Å². The SMILES string of the molecule is COc1ccc(Br)cc1NCc1cc(C)n(C)c1C. The third-order valence-corrected chi connectivity index (χ3v) is 4.00. The summed E-state index contributed by atoms with van der Waals surface area (Å²) in [6.07, 6.45) is 0. The number of benzene rings is 1. The lowest BCUT2D eigenvalue weighted by Gasteiger charge is -2.11.